The number of hydrogen-bond donors (Lipinski definition) is 1. The summed E-state index contributed by atoms with van der Waals surface area (Å²) in [6, 6.07) is 13.5. The molecule has 0 saturated heterocycles. The summed E-state index contributed by atoms with van der Waals surface area (Å²) in [6.45, 7) is 0.394. The van der Waals surface area contributed by atoms with E-state index in [1.165, 1.54) is 28.6 Å². The standard InChI is InChI=1S/C18H19FN2O2S/c1-21(24(22,23)13-14-6-8-16(19)9-7-14)11-10-15-12-20-18-5-3-2-4-17(15)18/h2-9,12,20H,10-11,13H2,1H3. The number of rotatable bonds is 6. The minimum Gasteiger partial charge on any atom is -0.361 e. The Morgan fingerprint density at radius 2 is 1.79 bits per heavy atom. The van der Waals surface area contributed by atoms with Gasteiger partial charge in [-0.2, -0.15) is 0 Å². The molecule has 0 aliphatic rings. The first kappa shape index (κ1) is 16.7. The summed E-state index contributed by atoms with van der Waals surface area (Å²) in [5.41, 5.74) is 2.72. The van der Waals surface area contributed by atoms with Crippen LogP contribution in [0.1, 0.15) is 11.1 Å². The molecule has 0 amide bonds. The Hall–Kier alpha value is -2.18. The molecule has 0 saturated carbocycles. The van der Waals surface area contributed by atoms with Crippen molar-refractivity contribution < 1.29 is 12.8 Å². The van der Waals surface area contributed by atoms with Crippen molar-refractivity contribution in [2.45, 2.75) is 12.2 Å². The van der Waals surface area contributed by atoms with Gasteiger partial charge in [-0.25, -0.2) is 17.1 Å². The molecule has 0 radical (unpaired) electrons. The van der Waals surface area contributed by atoms with Gasteiger partial charge in [0.1, 0.15) is 5.82 Å². The third-order valence-electron chi connectivity index (χ3n) is 4.11. The molecule has 3 rings (SSSR count). The molecule has 126 valence electrons. The molecule has 0 unspecified atom stereocenters. The number of likely N-dealkylation sites (N-methyl/N-ethyl adjacent to an activating group) is 1. The van der Waals surface area contributed by atoms with E-state index in [9.17, 15) is 12.8 Å². The van der Waals surface area contributed by atoms with Crippen LogP contribution in [0.4, 0.5) is 4.39 Å². The number of para-hydroxylation sites is 1. The molecule has 1 heterocycles. The Morgan fingerprint density at radius 3 is 2.54 bits per heavy atom. The molecule has 0 bridgehead atoms. The molecule has 1 aromatic heterocycles. The van der Waals surface area contributed by atoms with Gasteiger partial charge in [0.05, 0.1) is 5.75 Å². The molecule has 0 fully saturated rings. The number of nitrogens with one attached hydrogen (secondary N) is 1. The van der Waals surface area contributed by atoms with Gasteiger partial charge in [0.15, 0.2) is 0 Å². The number of aromatic amines is 1. The normalized spacial score (nSPS) is 12.1. The Balaban J connectivity index is 1.67. The monoisotopic (exact) mass is 346 g/mol. The van der Waals surface area contributed by atoms with Crippen molar-refractivity contribution in [3.05, 3.63) is 71.7 Å². The first-order valence-corrected chi connectivity index (χ1v) is 9.30. The smallest absolute Gasteiger partial charge is 0.218 e. The molecular weight excluding hydrogens is 327 g/mol. The summed E-state index contributed by atoms with van der Waals surface area (Å²) in [4.78, 5) is 3.19. The predicted octanol–water partition coefficient (Wildman–Crippen LogP) is 3.31. The summed E-state index contributed by atoms with van der Waals surface area (Å²) >= 11 is 0. The fourth-order valence-electron chi connectivity index (χ4n) is 2.66. The van der Waals surface area contributed by atoms with Crippen LogP contribution in [-0.4, -0.2) is 31.3 Å². The summed E-state index contributed by atoms with van der Waals surface area (Å²) in [6.07, 6.45) is 2.55. The van der Waals surface area contributed by atoms with E-state index >= 15 is 0 Å². The fourth-order valence-corrected chi connectivity index (χ4v) is 3.86. The van der Waals surface area contributed by atoms with Crippen LogP contribution in [0.5, 0.6) is 0 Å². The van der Waals surface area contributed by atoms with Gasteiger partial charge < -0.3 is 4.98 Å². The molecule has 0 atom stereocenters. The van der Waals surface area contributed by atoms with Crippen molar-refractivity contribution in [1.82, 2.24) is 9.29 Å². The second-order valence-electron chi connectivity index (χ2n) is 5.81. The lowest BCUT2D eigenvalue weighted by molar-refractivity contribution is 0.472. The number of fused-ring (bicyclic) bond motifs is 1. The highest BCUT2D eigenvalue weighted by atomic mass is 32.2. The number of sulfonamides is 1. The summed E-state index contributed by atoms with van der Waals surface area (Å²) < 4.78 is 39.1. The number of nitrogens with zero attached hydrogens (tertiary/aromatic N) is 1. The molecule has 4 nitrogen and oxygen atoms in total. The lowest BCUT2D eigenvalue weighted by atomic mass is 10.1. The van der Waals surface area contributed by atoms with Crippen LogP contribution in [0.15, 0.2) is 54.7 Å². The molecule has 0 spiro atoms. The molecule has 3 aromatic rings. The number of benzene rings is 2. The molecule has 24 heavy (non-hydrogen) atoms. The Morgan fingerprint density at radius 1 is 1.08 bits per heavy atom. The average Bonchev–Trinajstić information content (AvgIpc) is 2.98. The van der Waals surface area contributed by atoms with Crippen LogP contribution < -0.4 is 0 Å². The second-order valence-corrected chi connectivity index (χ2v) is 7.89. The predicted molar refractivity (Wildman–Crippen MR) is 93.7 cm³/mol. The highest BCUT2D eigenvalue weighted by Crippen LogP contribution is 2.19. The maximum absolute atomic E-state index is 12.9. The molecule has 1 N–H and O–H groups in total. The fraction of sp³-hybridized carbons (Fsp3) is 0.222. The van der Waals surface area contributed by atoms with Crippen molar-refractivity contribution in [3.63, 3.8) is 0 Å². The number of hydrogen-bond acceptors (Lipinski definition) is 2. The zero-order valence-electron chi connectivity index (χ0n) is 13.4. The Labute approximate surface area is 141 Å². The van der Waals surface area contributed by atoms with Crippen LogP contribution in [0.3, 0.4) is 0 Å². The van der Waals surface area contributed by atoms with Gasteiger partial charge in [-0.3, -0.25) is 0 Å². The average molecular weight is 346 g/mol. The van der Waals surface area contributed by atoms with E-state index in [1.54, 1.807) is 7.05 Å². The van der Waals surface area contributed by atoms with Crippen molar-refractivity contribution >= 4 is 20.9 Å². The van der Waals surface area contributed by atoms with Crippen molar-refractivity contribution in [1.29, 1.82) is 0 Å². The zero-order chi connectivity index (χ0) is 17.2. The van der Waals surface area contributed by atoms with Gasteiger partial charge in [0.25, 0.3) is 0 Å². The van der Waals surface area contributed by atoms with Crippen molar-refractivity contribution in [3.8, 4) is 0 Å². The highest BCUT2D eigenvalue weighted by molar-refractivity contribution is 7.88. The van der Waals surface area contributed by atoms with E-state index in [-0.39, 0.29) is 11.6 Å². The van der Waals surface area contributed by atoms with Crippen LogP contribution in [0.25, 0.3) is 10.9 Å². The molecule has 0 aliphatic carbocycles. The van der Waals surface area contributed by atoms with Gasteiger partial charge in [0, 0.05) is 30.7 Å². The Kier molecular flexibility index (Phi) is 4.69. The van der Waals surface area contributed by atoms with Gasteiger partial charge in [-0.05, 0) is 35.7 Å². The van der Waals surface area contributed by atoms with E-state index in [0.717, 1.165) is 16.5 Å². The van der Waals surface area contributed by atoms with Gasteiger partial charge in [-0.15, -0.1) is 0 Å². The molecule has 2 aromatic carbocycles. The second kappa shape index (κ2) is 6.75. The number of aromatic nitrogens is 1. The van der Waals surface area contributed by atoms with Crippen LogP contribution in [0.2, 0.25) is 0 Å². The topological polar surface area (TPSA) is 53.2 Å². The molecular formula is C18H19FN2O2S. The van der Waals surface area contributed by atoms with E-state index in [4.69, 9.17) is 0 Å². The SMILES string of the molecule is CN(CCc1c[nH]c2ccccc12)S(=O)(=O)Cc1ccc(F)cc1. The largest absolute Gasteiger partial charge is 0.361 e. The minimum absolute atomic E-state index is 0.127. The molecule has 0 aliphatic heterocycles. The van der Waals surface area contributed by atoms with Crippen LogP contribution >= 0.6 is 0 Å². The van der Waals surface area contributed by atoms with Gasteiger partial charge >= 0.3 is 0 Å². The zero-order valence-corrected chi connectivity index (χ0v) is 14.2. The van der Waals surface area contributed by atoms with Crippen molar-refractivity contribution in [2.75, 3.05) is 13.6 Å². The van der Waals surface area contributed by atoms with Crippen LogP contribution in [0, 0.1) is 5.82 Å². The van der Waals surface area contributed by atoms with E-state index < -0.39 is 10.0 Å². The third-order valence-corrected chi connectivity index (χ3v) is 5.94. The minimum atomic E-state index is -3.43. The summed E-state index contributed by atoms with van der Waals surface area (Å²) in [5.74, 6) is -0.499. The number of halogens is 1. The van der Waals surface area contributed by atoms with E-state index in [1.807, 2.05) is 30.5 Å². The maximum atomic E-state index is 12.9. The van der Waals surface area contributed by atoms with Gasteiger partial charge in [-0.1, -0.05) is 30.3 Å². The third kappa shape index (κ3) is 3.66. The maximum Gasteiger partial charge on any atom is 0.218 e. The highest BCUT2D eigenvalue weighted by Gasteiger charge is 2.18. The summed E-state index contributed by atoms with van der Waals surface area (Å²) in [7, 11) is -1.85. The lowest BCUT2D eigenvalue weighted by Crippen LogP contribution is -2.30. The van der Waals surface area contributed by atoms with Crippen molar-refractivity contribution in [2.24, 2.45) is 0 Å². The first-order chi connectivity index (χ1) is 11.5. The Bertz CT molecular complexity index is 933. The van der Waals surface area contributed by atoms with E-state index in [2.05, 4.69) is 4.98 Å². The first-order valence-electron chi connectivity index (χ1n) is 7.69. The molecule has 6 heteroatoms. The van der Waals surface area contributed by atoms with E-state index in [0.29, 0.717) is 18.5 Å². The quantitative estimate of drug-likeness (QED) is 0.744. The van der Waals surface area contributed by atoms with Gasteiger partial charge in [0.2, 0.25) is 10.0 Å². The lowest BCUT2D eigenvalue weighted by Gasteiger charge is -2.17. The van der Waals surface area contributed by atoms with Crippen LogP contribution in [-0.2, 0) is 22.2 Å². The number of H-pyrrole nitrogens is 1. The summed E-state index contributed by atoms with van der Waals surface area (Å²) in [5, 5.41) is 1.11.